The highest BCUT2D eigenvalue weighted by molar-refractivity contribution is 5.35. The predicted octanol–water partition coefficient (Wildman–Crippen LogP) is 0.126. The van der Waals surface area contributed by atoms with Gasteiger partial charge in [0.25, 0.3) is 5.88 Å². The van der Waals surface area contributed by atoms with E-state index in [0.29, 0.717) is 24.7 Å². The number of nitrogens with zero attached hydrogens (tertiary/aromatic N) is 3. The Balaban J connectivity index is 2.14. The Kier molecular flexibility index (Phi) is 2.06. The van der Waals surface area contributed by atoms with Gasteiger partial charge >= 0.3 is 0 Å². The van der Waals surface area contributed by atoms with Crippen LogP contribution < -0.4 is 4.74 Å². The van der Waals surface area contributed by atoms with Crippen LogP contribution in [0, 0.1) is 11.3 Å². The Morgan fingerprint density at radius 3 is 3.08 bits per heavy atom. The van der Waals surface area contributed by atoms with Crippen LogP contribution in [0.1, 0.15) is 5.56 Å². The lowest BCUT2D eigenvalue weighted by Crippen LogP contribution is -2.39. The van der Waals surface area contributed by atoms with E-state index in [0.717, 1.165) is 0 Å². The minimum Gasteiger partial charge on any atom is -0.467 e. The molecule has 13 heavy (non-hydrogen) atoms. The van der Waals surface area contributed by atoms with Gasteiger partial charge in [0.1, 0.15) is 17.7 Å². The minimum absolute atomic E-state index is 0.0174. The topological polar surface area (TPSA) is 68.0 Å². The van der Waals surface area contributed by atoms with Gasteiger partial charge in [0.05, 0.1) is 19.4 Å². The third-order valence-electron chi connectivity index (χ3n) is 1.69. The summed E-state index contributed by atoms with van der Waals surface area (Å²) in [6.45, 7) is 1.11. The lowest BCUT2D eigenvalue weighted by molar-refractivity contribution is -0.0817. The van der Waals surface area contributed by atoms with Crippen LogP contribution in [0.15, 0.2) is 12.3 Å². The van der Waals surface area contributed by atoms with Crippen molar-refractivity contribution in [3.63, 3.8) is 0 Å². The molecule has 2 rings (SSSR count). The summed E-state index contributed by atoms with van der Waals surface area (Å²) in [7, 11) is 0. The van der Waals surface area contributed by atoms with Gasteiger partial charge in [-0.3, -0.25) is 0 Å². The van der Waals surface area contributed by atoms with E-state index in [-0.39, 0.29) is 6.10 Å². The van der Waals surface area contributed by atoms with E-state index in [2.05, 4.69) is 10.2 Å². The van der Waals surface area contributed by atoms with E-state index >= 15 is 0 Å². The third kappa shape index (κ3) is 1.58. The van der Waals surface area contributed by atoms with Crippen molar-refractivity contribution in [1.82, 2.24) is 10.2 Å². The van der Waals surface area contributed by atoms with E-state index < -0.39 is 0 Å². The first-order valence-corrected chi connectivity index (χ1v) is 3.86. The molecule has 0 atom stereocenters. The molecule has 0 spiro atoms. The highest BCUT2D eigenvalue weighted by atomic mass is 16.6. The molecule has 1 aromatic heterocycles. The van der Waals surface area contributed by atoms with Crippen molar-refractivity contribution < 1.29 is 9.47 Å². The molecule has 0 radical (unpaired) electrons. The summed E-state index contributed by atoms with van der Waals surface area (Å²) in [5.41, 5.74) is 0.405. The van der Waals surface area contributed by atoms with Gasteiger partial charge in [0.2, 0.25) is 0 Å². The van der Waals surface area contributed by atoms with Crippen LogP contribution in [0.4, 0.5) is 0 Å². The second-order valence-corrected chi connectivity index (χ2v) is 2.64. The molecule has 0 saturated carbocycles. The van der Waals surface area contributed by atoms with Gasteiger partial charge in [-0.05, 0) is 6.07 Å². The monoisotopic (exact) mass is 177 g/mol. The van der Waals surface area contributed by atoms with Crippen LogP contribution in [0.5, 0.6) is 5.88 Å². The zero-order valence-electron chi connectivity index (χ0n) is 6.80. The molecule has 0 amide bonds. The molecule has 1 saturated heterocycles. The molecule has 1 aliphatic rings. The molecule has 0 aromatic carbocycles. The van der Waals surface area contributed by atoms with Gasteiger partial charge in [0.15, 0.2) is 0 Å². The maximum atomic E-state index is 8.69. The molecule has 1 fully saturated rings. The summed E-state index contributed by atoms with van der Waals surface area (Å²) >= 11 is 0. The van der Waals surface area contributed by atoms with Crippen molar-refractivity contribution in [1.29, 1.82) is 5.26 Å². The van der Waals surface area contributed by atoms with E-state index in [1.807, 2.05) is 6.07 Å². The molecular formula is C8H7N3O2. The first kappa shape index (κ1) is 7.95. The Morgan fingerprint density at radius 2 is 2.46 bits per heavy atom. The largest absolute Gasteiger partial charge is 0.467 e. The number of aromatic nitrogens is 2. The Bertz CT molecular complexity index is 343. The van der Waals surface area contributed by atoms with Gasteiger partial charge < -0.3 is 9.47 Å². The van der Waals surface area contributed by atoms with Gasteiger partial charge in [-0.25, -0.2) is 0 Å². The predicted molar refractivity (Wildman–Crippen MR) is 42.0 cm³/mol. The standard InChI is InChI=1S/C8H7N3O2/c9-3-6-1-2-10-11-8(6)13-7-4-12-5-7/h1-2,7H,4-5H2. The second kappa shape index (κ2) is 3.37. The Labute approximate surface area is 74.9 Å². The van der Waals surface area contributed by atoms with Crippen LogP contribution in [-0.2, 0) is 4.74 Å². The van der Waals surface area contributed by atoms with Gasteiger partial charge in [-0.1, -0.05) is 0 Å². The van der Waals surface area contributed by atoms with Gasteiger partial charge in [-0.2, -0.15) is 10.4 Å². The van der Waals surface area contributed by atoms with E-state index in [1.165, 1.54) is 6.20 Å². The van der Waals surface area contributed by atoms with Crippen LogP contribution in [0.2, 0.25) is 0 Å². The molecule has 0 bridgehead atoms. The highest BCUT2D eigenvalue weighted by Gasteiger charge is 2.22. The summed E-state index contributed by atoms with van der Waals surface area (Å²) in [6, 6.07) is 3.55. The smallest absolute Gasteiger partial charge is 0.251 e. The average molecular weight is 177 g/mol. The fourth-order valence-corrected chi connectivity index (χ4v) is 0.931. The molecule has 2 heterocycles. The molecule has 0 N–H and O–H groups in total. The van der Waals surface area contributed by atoms with Crippen LogP contribution in [0.25, 0.3) is 0 Å². The Morgan fingerprint density at radius 1 is 1.62 bits per heavy atom. The van der Waals surface area contributed by atoms with Crippen molar-refractivity contribution >= 4 is 0 Å². The minimum atomic E-state index is 0.0174. The molecule has 0 unspecified atom stereocenters. The number of nitriles is 1. The summed E-state index contributed by atoms with van der Waals surface area (Å²) in [5.74, 6) is 0.290. The normalized spacial score (nSPS) is 15.9. The van der Waals surface area contributed by atoms with Gasteiger partial charge in [0, 0.05) is 0 Å². The molecule has 0 aliphatic carbocycles. The number of hydrogen-bond donors (Lipinski definition) is 0. The Hall–Kier alpha value is -1.67. The SMILES string of the molecule is N#Cc1ccnnc1OC1COC1. The molecule has 1 aromatic rings. The lowest BCUT2D eigenvalue weighted by Gasteiger charge is -2.25. The summed E-state index contributed by atoms with van der Waals surface area (Å²) in [6.07, 6.45) is 1.48. The first-order chi connectivity index (χ1) is 6.40. The number of hydrogen-bond acceptors (Lipinski definition) is 5. The lowest BCUT2D eigenvalue weighted by atomic mass is 10.3. The van der Waals surface area contributed by atoms with Crippen molar-refractivity contribution in [2.45, 2.75) is 6.10 Å². The van der Waals surface area contributed by atoms with Gasteiger partial charge in [-0.15, -0.1) is 5.10 Å². The van der Waals surface area contributed by atoms with Crippen LogP contribution >= 0.6 is 0 Å². The second-order valence-electron chi connectivity index (χ2n) is 2.64. The van der Waals surface area contributed by atoms with E-state index in [4.69, 9.17) is 14.7 Å². The average Bonchev–Trinajstić information content (AvgIpc) is 2.12. The quantitative estimate of drug-likeness (QED) is 0.642. The maximum Gasteiger partial charge on any atom is 0.251 e. The molecular weight excluding hydrogens is 170 g/mol. The van der Waals surface area contributed by atoms with Crippen molar-refractivity contribution in [3.8, 4) is 11.9 Å². The molecule has 66 valence electrons. The zero-order chi connectivity index (χ0) is 9.10. The van der Waals surface area contributed by atoms with Crippen LogP contribution in [0.3, 0.4) is 0 Å². The van der Waals surface area contributed by atoms with Crippen molar-refractivity contribution in [2.24, 2.45) is 0 Å². The molecule has 1 aliphatic heterocycles. The summed E-state index contributed by atoms with van der Waals surface area (Å²) < 4.78 is 10.3. The zero-order valence-corrected chi connectivity index (χ0v) is 6.80. The van der Waals surface area contributed by atoms with Crippen molar-refractivity contribution in [3.05, 3.63) is 17.8 Å². The maximum absolute atomic E-state index is 8.69. The summed E-state index contributed by atoms with van der Waals surface area (Å²) in [4.78, 5) is 0. The fourth-order valence-electron chi connectivity index (χ4n) is 0.931. The number of ether oxygens (including phenoxy) is 2. The van der Waals surface area contributed by atoms with E-state index in [9.17, 15) is 0 Å². The molecule has 5 nitrogen and oxygen atoms in total. The van der Waals surface area contributed by atoms with Crippen LogP contribution in [-0.4, -0.2) is 29.5 Å². The van der Waals surface area contributed by atoms with E-state index in [1.54, 1.807) is 6.07 Å². The number of rotatable bonds is 2. The fraction of sp³-hybridized carbons (Fsp3) is 0.375. The third-order valence-corrected chi connectivity index (χ3v) is 1.69. The molecule has 5 heteroatoms. The van der Waals surface area contributed by atoms with Crippen molar-refractivity contribution in [2.75, 3.05) is 13.2 Å². The summed E-state index contributed by atoms with van der Waals surface area (Å²) in [5, 5.41) is 16.1. The first-order valence-electron chi connectivity index (χ1n) is 3.86. The highest BCUT2D eigenvalue weighted by Crippen LogP contribution is 2.16.